The van der Waals surface area contributed by atoms with Gasteiger partial charge in [0.15, 0.2) is 0 Å². The van der Waals surface area contributed by atoms with Crippen LogP contribution in [0.5, 0.6) is 0 Å². The average Bonchev–Trinajstić information content (AvgIpc) is 2.86. The summed E-state index contributed by atoms with van der Waals surface area (Å²) in [7, 11) is 0. The number of aromatic nitrogens is 2. The molecule has 21 heavy (non-hydrogen) atoms. The molecule has 106 valence electrons. The molecule has 4 nitrogen and oxygen atoms in total. The first kappa shape index (κ1) is 13.3. The summed E-state index contributed by atoms with van der Waals surface area (Å²) in [5, 5.41) is 2.86. The molecule has 0 aliphatic carbocycles. The van der Waals surface area contributed by atoms with Gasteiger partial charge in [-0.3, -0.25) is 4.79 Å². The summed E-state index contributed by atoms with van der Waals surface area (Å²) in [6.45, 7) is 3.86. The van der Waals surface area contributed by atoms with Gasteiger partial charge in [-0.15, -0.1) is 0 Å². The summed E-state index contributed by atoms with van der Waals surface area (Å²) in [6.07, 6.45) is 2.81. The first-order valence-corrected chi connectivity index (χ1v) is 6.56. The average molecular weight is 283 g/mol. The Kier molecular flexibility index (Phi) is 3.17. The maximum atomic E-state index is 13.2. The lowest BCUT2D eigenvalue weighted by Gasteiger charge is -2.10. The molecule has 3 rings (SSSR count). The van der Waals surface area contributed by atoms with E-state index in [0.29, 0.717) is 5.65 Å². The molecule has 0 saturated carbocycles. The van der Waals surface area contributed by atoms with Crippen molar-refractivity contribution in [3.8, 4) is 0 Å². The van der Waals surface area contributed by atoms with E-state index >= 15 is 0 Å². The number of carbonyl (C=O) groups excluding carboxylic acids is 1. The van der Waals surface area contributed by atoms with Gasteiger partial charge >= 0.3 is 0 Å². The first-order valence-electron chi connectivity index (χ1n) is 6.56. The summed E-state index contributed by atoms with van der Waals surface area (Å²) in [5.41, 5.74) is 3.54. The van der Waals surface area contributed by atoms with Gasteiger partial charge in [0.05, 0.1) is 0 Å². The Bertz CT molecular complexity index is 818. The highest BCUT2D eigenvalue weighted by Crippen LogP contribution is 2.20. The van der Waals surface area contributed by atoms with E-state index in [2.05, 4.69) is 10.3 Å². The number of carbonyl (C=O) groups is 1. The van der Waals surface area contributed by atoms with Crippen LogP contribution in [0.25, 0.3) is 5.65 Å². The summed E-state index contributed by atoms with van der Waals surface area (Å²) < 4.78 is 14.6. The Hall–Kier alpha value is -2.69. The molecule has 0 atom stereocenters. The fourth-order valence-electron chi connectivity index (χ4n) is 2.26. The van der Waals surface area contributed by atoms with Gasteiger partial charge in [0.25, 0.3) is 5.91 Å². The number of para-hydroxylation sites is 1. The van der Waals surface area contributed by atoms with Crippen molar-refractivity contribution in [2.45, 2.75) is 13.8 Å². The van der Waals surface area contributed by atoms with Gasteiger partial charge in [-0.25, -0.2) is 9.37 Å². The predicted molar refractivity (Wildman–Crippen MR) is 79.0 cm³/mol. The lowest BCUT2D eigenvalue weighted by molar-refractivity contribution is 0.102. The number of nitrogens with zero attached hydrogens (tertiary/aromatic N) is 2. The molecule has 0 spiro atoms. The molecular weight excluding hydrogens is 269 g/mol. The normalized spacial score (nSPS) is 10.8. The zero-order valence-electron chi connectivity index (χ0n) is 11.7. The van der Waals surface area contributed by atoms with Crippen molar-refractivity contribution in [3.63, 3.8) is 0 Å². The van der Waals surface area contributed by atoms with E-state index in [1.807, 2.05) is 32.0 Å². The molecule has 5 heteroatoms. The van der Waals surface area contributed by atoms with E-state index in [1.165, 1.54) is 28.9 Å². The Balaban J connectivity index is 1.94. The number of aryl methyl sites for hydroxylation is 2. The van der Waals surface area contributed by atoms with Gasteiger partial charge in [0.2, 0.25) is 0 Å². The Labute approximate surface area is 121 Å². The molecule has 1 amide bonds. The fourth-order valence-corrected chi connectivity index (χ4v) is 2.26. The van der Waals surface area contributed by atoms with E-state index in [-0.39, 0.29) is 17.4 Å². The SMILES string of the molecule is Cc1cccc(C)c1NC(=O)c1cn2cc(F)ccc2n1. The van der Waals surface area contributed by atoms with Gasteiger partial charge in [0.1, 0.15) is 17.2 Å². The second-order valence-electron chi connectivity index (χ2n) is 4.96. The Morgan fingerprint density at radius 3 is 2.57 bits per heavy atom. The van der Waals surface area contributed by atoms with Crippen molar-refractivity contribution in [1.29, 1.82) is 0 Å². The number of benzene rings is 1. The summed E-state index contributed by atoms with van der Waals surface area (Å²) in [4.78, 5) is 16.5. The standard InChI is InChI=1S/C16H14FN3O/c1-10-4-3-5-11(2)15(10)19-16(21)13-9-20-8-12(17)6-7-14(20)18-13/h3-9H,1-2H3,(H,19,21). The number of anilines is 1. The van der Waals surface area contributed by atoms with Crippen molar-refractivity contribution in [2.75, 3.05) is 5.32 Å². The minimum Gasteiger partial charge on any atom is -0.320 e. The van der Waals surface area contributed by atoms with Gasteiger partial charge < -0.3 is 9.72 Å². The lowest BCUT2D eigenvalue weighted by atomic mass is 10.1. The maximum absolute atomic E-state index is 13.2. The van der Waals surface area contributed by atoms with Gasteiger partial charge in [-0.05, 0) is 37.1 Å². The van der Waals surface area contributed by atoms with Crippen molar-refractivity contribution in [2.24, 2.45) is 0 Å². The second-order valence-corrected chi connectivity index (χ2v) is 4.96. The van der Waals surface area contributed by atoms with E-state index in [1.54, 1.807) is 0 Å². The van der Waals surface area contributed by atoms with E-state index in [9.17, 15) is 9.18 Å². The van der Waals surface area contributed by atoms with Crippen LogP contribution in [-0.2, 0) is 0 Å². The molecule has 0 radical (unpaired) electrons. The molecule has 0 aliphatic rings. The number of fused-ring (bicyclic) bond motifs is 1. The number of amides is 1. The van der Waals surface area contributed by atoms with Crippen molar-refractivity contribution in [1.82, 2.24) is 9.38 Å². The minimum atomic E-state index is -0.374. The molecule has 1 aromatic carbocycles. The number of pyridine rings is 1. The monoisotopic (exact) mass is 283 g/mol. The van der Waals surface area contributed by atoms with Crippen LogP contribution >= 0.6 is 0 Å². The van der Waals surface area contributed by atoms with Gasteiger partial charge in [0, 0.05) is 18.1 Å². The van der Waals surface area contributed by atoms with Crippen LogP contribution < -0.4 is 5.32 Å². The predicted octanol–water partition coefficient (Wildman–Crippen LogP) is 3.34. The number of rotatable bonds is 2. The molecule has 1 N–H and O–H groups in total. The summed E-state index contributed by atoms with van der Waals surface area (Å²) in [5.74, 6) is -0.682. The van der Waals surface area contributed by atoms with Crippen molar-refractivity contribution in [3.05, 3.63) is 65.4 Å². The molecule has 2 heterocycles. The van der Waals surface area contributed by atoms with Crippen LogP contribution in [0.1, 0.15) is 21.6 Å². The maximum Gasteiger partial charge on any atom is 0.275 e. The highest BCUT2D eigenvalue weighted by atomic mass is 19.1. The molecule has 0 bridgehead atoms. The molecule has 0 unspecified atom stereocenters. The molecule has 0 saturated heterocycles. The molecular formula is C16H14FN3O. The molecule has 0 aliphatic heterocycles. The largest absolute Gasteiger partial charge is 0.320 e. The molecule has 3 aromatic rings. The highest BCUT2D eigenvalue weighted by Gasteiger charge is 2.13. The van der Waals surface area contributed by atoms with E-state index < -0.39 is 0 Å². The van der Waals surface area contributed by atoms with Crippen molar-refractivity contribution >= 4 is 17.2 Å². The van der Waals surface area contributed by atoms with Crippen LogP contribution in [0.2, 0.25) is 0 Å². The van der Waals surface area contributed by atoms with Crippen LogP contribution in [0.4, 0.5) is 10.1 Å². The third-order valence-corrected chi connectivity index (χ3v) is 3.37. The third-order valence-electron chi connectivity index (χ3n) is 3.37. The number of halogens is 1. The lowest BCUT2D eigenvalue weighted by Crippen LogP contribution is -2.14. The summed E-state index contributed by atoms with van der Waals surface area (Å²) in [6, 6.07) is 8.65. The first-order chi connectivity index (χ1) is 10.0. The fraction of sp³-hybridized carbons (Fsp3) is 0.125. The number of hydrogen-bond acceptors (Lipinski definition) is 2. The van der Waals surface area contributed by atoms with Crippen LogP contribution in [0.15, 0.2) is 42.7 Å². The minimum absolute atomic E-state index is 0.253. The molecule has 0 fully saturated rings. The molecule has 2 aromatic heterocycles. The van der Waals surface area contributed by atoms with Crippen molar-refractivity contribution < 1.29 is 9.18 Å². The number of hydrogen-bond donors (Lipinski definition) is 1. The highest BCUT2D eigenvalue weighted by molar-refractivity contribution is 6.04. The summed E-state index contributed by atoms with van der Waals surface area (Å²) >= 11 is 0. The van der Waals surface area contributed by atoms with Crippen LogP contribution in [-0.4, -0.2) is 15.3 Å². The van der Waals surface area contributed by atoms with Gasteiger partial charge in [-0.2, -0.15) is 0 Å². The zero-order chi connectivity index (χ0) is 15.0. The quantitative estimate of drug-likeness (QED) is 0.784. The zero-order valence-corrected chi connectivity index (χ0v) is 11.7. The van der Waals surface area contributed by atoms with E-state index in [0.717, 1.165) is 16.8 Å². The second kappa shape index (κ2) is 5.01. The van der Waals surface area contributed by atoms with E-state index in [4.69, 9.17) is 0 Å². The van der Waals surface area contributed by atoms with Crippen LogP contribution in [0, 0.1) is 19.7 Å². The number of nitrogens with one attached hydrogen (secondary N) is 1. The Morgan fingerprint density at radius 2 is 1.86 bits per heavy atom. The smallest absolute Gasteiger partial charge is 0.275 e. The topological polar surface area (TPSA) is 46.4 Å². The Morgan fingerprint density at radius 1 is 1.14 bits per heavy atom. The van der Waals surface area contributed by atoms with Crippen LogP contribution in [0.3, 0.4) is 0 Å². The van der Waals surface area contributed by atoms with Gasteiger partial charge in [-0.1, -0.05) is 18.2 Å². The number of imidazole rings is 1. The third kappa shape index (κ3) is 2.50.